The highest BCUT2D eigenvalue weighted by molar-refractivity contribution is 5.69. The zero-order valence-corrected chi connectivity index (χ0v) is 22.7. The molecule has 1 unspecified atom stereocenters. The van der Waals surface area contributed by atoms with Gasteiger partial charge in [-0.05, 0) is 57.8 Å². The molecule has 0 bridgehead atoms. The molecule has 0 aromatic carbocycles. The Morgan fingerprint density at radius 3 is 1.68 bits per heavy atom. The number of carbonyl (C=O) groups excluding carboxylic acids is 1. The predicted molar refractivity (Wildman–Crippen MR) is 144 cm³/mol. The number of carboxylic acid groups (broad SMARTS) is 1. The zero-order valence-electron chi connectivity index (χ0n) is 22.7. The maximum Gasteiger partial charge on any atom is 0.306 e. The van der Waals surface area contributed by atoms with Crippen LogP contribution < -0.4 is 0 Å². The van der Waals surface area contributed by atoms with Crippen molar-refractivity contribution in [3.8, 4) is 0 Å². The number of carbonyl (C=O) groups is 2. The molecule has 4 nitrogen and oxygen atoms in total. The van der Waals surface area contributed by atoms with Gasteiger partial charge >= 0.3 is 11.9 Å². The fourth-order valence-electron chi connectivity index (χ4n) is 4.35. The number of hydrogen-bond donors (Lipinski definition) is 1. The van der Waals surface area contributed by atoms with E-state index in [1.54, 1.807) is 0 Å². The van der Waals surface area contributed by atoms with E-state index >= 15 is 0 Å². The van der Waals surface area contributed by atoms with Crippen LogP contribution in [0, 0.1) is 0 Å². The molecule has 0 saturated heterocycles. The fourth-order valence-corrected chi connectivity index (χ4v) is 4.35. The smallest absolute Gasteiger partial charge is 0.306 e. The van der Waals surface area contributed by atoms with Gasteiger partial charge < -0.3 is 9.84 Å². The maximum absolute atomic E-state index is 12.2. The third kappa shape index (κ3) is 25.3. The summed E-state index contributed by atoms with van der Waals surface area (Å²) >= 11 is 0. The molecular weight excluding hydrogens is 424 g/mol. The molecule has 0 heterocycles. The first-order valence-corrected chi connectivity index (χ1v) is 14.7. The van der Waals surface area contributed by atoms with Crippen LogP contribution in [0.15, 0.2) is 12.2 Å². The molecule has 0 radical (unpaired) electrons. The Bertz CT molecular complexity index is 486. The molecule has 0 spiro atoms. The second kappa shape index (κ2) is 26.3. The standard InChI is InChI=1S/C30H56O4/c1-3-5-6-7-8-9-10-11-12-13-17-20-23-27-30(33)34-28(24-4-2)25-21-18-15-14-16-19-22-26-29(31)32/h9-10,28H,3-8,11-27H2,1-2H3,(H,31,32)/b10-9-. The van der Waals surface area contributed by atoms with E-state index in [2.05, 4.69) is 26.0 Å². The maximum atomic E-state index is 12.2. The number of ether oxygens (including phenoxy) is 1. The number of esters is 1. The Hall–Kier alpha value is -1.32. The van der Waals surface area contributed by atoms with Crippen molar-refractivity contribution < 1.29 is 19.4 Å². The first-order chi connectivity index (χ1) is 16.6. The molecule has 0 amide bonds. The Balaban J connectivity index is 3.62. The minimum atomic E-state index is -0.691. The van der Waals surface area contributed by atoms with Gasteiger partial charge in [0.25, 0.3) is 0 Å². The lowest BCUT2D eigenvalue weighted by molar-refractivity contribution is -0.150. The molecule has 0 aromatic heterocycles. The average Bonchev–Trinajstić information content (AvgIpc) is 2.80. The van der Waals surface area contributed by atoms with Crippen molar-refractivity contribution in [2.45, 2.75) is 168 Å². The molecule has 0 aliphatic rings. The van der Waals surface area contributed by atoms with Gasteiger partial charge in [-0.2, -0.15) is 0 Å². The van der Waals surface area contributed by atoms with Crippen LogP contribution in [0.3, 0.4) is 0 Å². The summed E-state index contributed by atoms with van der Waals surface area (Å²) in [7, 11) is 0. The molecule has 0 aromatic rings. The Kier molecular flexibility index (Phi) is 25.3. The molecular formula is C30H56O4. The van der Waals surface area contributed by atoms with E-state index in [9.17, 15) is 9.59 Å². The number of unbranched alkanes of at least 4 members (excludes halogenated alkanes) is 15. The predicted octanol–water partition coefficient (Wildman–Crippen LogP) is 9.55. The normalized spacial score (nSPS) is 12.3. The largest absolute Gasteiger partial charge is 0.481 e. The molecule has 0 fully saturated rings. The van der Waals surface area contributed by atoms with Crippen LogP contribution in [-0.4, -0.2) is 23.1 Å². The van der Waals surface area contributed by atoms with Crippen molar-refractivity contribution in [2.75, 3.05) is 0 Å². The van der Waals surface area contributed by atoms with Crippen molar-refractivity contribution in [2.24, 2.45) is 0 Å². The highest BCUT2D eigenvalue weighted by Gasteiger charge is 2.13. The summed E-state index contributed by atoms with van der Waals surface area (Å²) in [6, 6.07) is 0. The summed E-state index contributed by atoms with van der Waals surface area (Å²) in [6.45, 7) is 4.41. The van der Waals surface area contributed by atoms with Gasteiger partial charge in [0.1, 0.15) is 6.10 Å². The monoisotopic (exact) mass is 480 g/mol. The van der Waals surface area contributed by atoms with Gasteiger partial charge in [0.2, 0.25) is 0 Å². The van der Waals surface area contributed by atoms with Crippen LogP contribution in [0.1, 0.15) is 162 Å². The molecule has 0 aliphatic carbocycles. The highest BCUT2D eigenvalue weighted by Crippen LogP contribution is 2.16. The number of hydrogen-bond acceptors (Lipinski definition) is 3. The van der Waals surface area contributed by atoms with Gasteiger partial charge in [0.05, 0.1) is 0 Å². The van der Waals surface area contributed by atoms with E-state index in [0.717, 1.165) is 57.8 Å². The van der Waals surface area contributed by atoms with Crippen LogP contribution in [0.25, 0.3) is 0 Å². The molecule has 34 heavy (non-hydrogen) atoms. The Morgan fingerprint density at radius 1 is 0.618 bits per heavy atom. The van der Waals surface area contributed by atoms with Crippen molar-refractivity contribution in [1.82, 2.24) is 0 Å². The van der Waals surface area contributed by atoms with Crippen LogP contribution in [0.4, 0.5) is 0 Å². The third-order valence-electron chi connectivity index (χ3n) is 6.47. The van der Waals surface area contributed by atoms with Crippen LogP contribution in [0.5, 0.6) is 0 Å². The second-order valence-electron chi connectivity index (χ2n) is 9.94. The summed E-state index contributed by atoms with van der Waals surface area (Å²) in [5, 5.41) is 8.65. The van der Waals surface area contributed by atoms with E-state index < -0.39 is 5.97 Å². The fraction of sp³-hybridized carbons (Fsp3) is 0.867. The van der Waals surface area contributed by atoms with Crippen molar-refractivity contribution >= 4 is 11.9 Å². The molecule has 0 aliphatic heterocycles. The summed E-state index contributed by atoms with van der Waals surface area (Å²) in [6.07, 6.45) is 29.8. The first-order valence-electron chi connectivity index (χ1n) is 14.7. The second-order valence-corrected chi connectivity index (χ2v) is 9.94. The van der Waals surface area contributed by atoms with Gasteiger partial charge in [0.15, 0.2) is 0 Å². The van der Waals surface area contributed by atoms with Crippen LogP contribution in [-0.2, 0) is 14.3 Å². The SMILES string of the molecule is CCCCCC/C=C\CCCCCCCC(=O)OC(CCC)CCCCCCCCCC(=O)O. The van der Waals surface area contributed by atoms with E-state index in [4.69, 9.17) is 9.84 Å². The number of aliphatic carboxylic acids is 1. The van der Waals surface area contributed by atoms with Gasteiger partial charge in [-0.15, -0.1) is 0 Å². The molecule has 1 N–H and O–H groups in total. The van der Waals surface area contributed by atoms with Gasteiger partial charge in [-0.3, -0.25) is 9.59 Å². The average molecular weight is 481 g/mol. The van der Waals surface area contributed by atoms with Crippen LogP contribution in [0.2, 0.25) is 0 Å². The number of allylic oxidation sites excluding steroid dienone is 2. The molecule has 0 saturated carbocycles. The van der Waals surface area contributed by atoms with Crippen molar-refractivity contribution in [3.05, 3.63) is 12.2 Å². The van der Waals surface area contributed by atoms with Gasteiger partial charge in [-0.25, -0.2) is 0 Å². The summed E-state index contributed by atoms with van der Waals surface area (Å²) in [5.74, 6) is -0.703. The number of carboxylic acids is 1. The first kappa shape index (κ1) is 32.7. The Morgan fingerprint density at radius 2 is 1.12 bits per heavy atom. The molecule has 200 valence electrons. The van der Waals surface area contributed by atoms with E-state index in [1.807, 2.05) is 0 Å². The minimum Gasteiger partial charge on any atom is -0.481 e. The Labute approximate surface area is 211 Å². The topological polar surface area (TPSA) is 63.6 Å². The highest BCUT2D eigenvalue weighted by atomic mass is 16.5. The quantitative estimate of drug-likeness (QED) is 0.0760. The zero-order chi connectivity index (χ0) is 25.1. The van der Waals surface area contributed by atoms with Crippen LogP contribution >= 0.6 is 0 Å². The summed E-state index contributed by atoms with van der Waals surface area (Å²) < 4.78 is 5.78. The summed E-state index contributed by atoms with van der Waals surface area (Å²) in [5.41, 5.74) is 0. The molecule has 1 atom stereocenters. The van der Waals surface area contributed by atoms with E-state index in [1.165, 1.54) is 77.0 Å². The molecule has 0 rings (SSSR count). The third-order valence-corrected chi connectivity index (χ3v) is 6.47. The van der Waals surface area contributed by atoms with E-state index in [-0.39, 0.29) is 12.1 Å². The summed E-state index contributed by atoms with van der Waals surface area (Å²) in [4.78, 5) is 22.7. The minimum absolute atomic E-state index is 0.0112. The van der Waals surface area contributed by atoms with E-state index in [0.29, 0.717) is 12.8 Å². The molecule has 4 heteroatoms. The van der Waals surface area contributed by atoms with Gasteiger partial charge in [0, 0.05) is 12.8 Å². The van der Waals surface area contributed by atoms with Crippen molar-refractivity contribution in [3.63, 3.8) is 0 Å². The van der Waals surface area contributed by atoms with Crippen molar-refractivity contribution in [1.29, 1.82) is 0 Å². The lowest BCUT2D eigenvalue weighted by Gasteiger charge is -2.17. The lowest BCUT2D eigenvalue weighted by Crippen LogP contribution is -2.18. The number of rotatable bonds is 26. The van der Waals surface area contributed by atoms with Gasteiger partial charge in [-0.1, -0.05) is 103 Å². The lowest BCUT2D eigenvalue weighted by atomic mass is 10.0.